The molecular formula is C9H8Cl2O3. The van der Waals surface area contributed by atoms with Gasteiger partial charge in [-0.15, -0.1) is 0 Å². The average molecular weight is 235 g/mol. The molecule has 0 aliphatic carbocycles. The van der Waals surface area contributed by atoms with Crippen molar-refractivity contribution in [3.8, 4) is 0 Å². The van der Waals surface area contributed by atoms with Gasteiger partial charge in [0.15, 0.2) is 6.10 Å². The minimum atomic E-state index is -1.69. The number of aliphatic hydroxyl groups excluding tert-OH is 1. The maximum absolute atomic E-state index is 10.5. The van der Waals surface area contributed by atoms with Crippen molar-refractivity contribution >= 4 is 29.2 Å². The van der Waals surface area contributed by atoms with Gasteiger partial charge in [-0.25, -0.2) is 4.79 Å². The molecule has 1 aromatic rings. The van der Waals surface area contributed by atoms with Crippen molar-refractivity contribution < 1.29 is 15.0 Å². The summed E-state index contributed by atoms with van der Waals surface area (Å²) in [5.74, 6) is -1.38. The molecule has 2 N–H and O–H groups in total. The van der Waals surface area contributed by atoms with E-state index in [9.17, 15) is 9.90 Å². The summed E-state index contributed by atoms with van der Waals surface area (Å²) in [5.41, 5.74) is 0.715. The molecule has 0 saturated heterocycles. The summed E-state index contributed by atoms with van der Waals surface area (Å²) < 4.78 is 0. The SMILES string of the molecule is Cc1ccc(Cl)c([C@H](O)C(=O)O)c1Cl. The molecule has 0 aliphatic heterocycles. The number of halogens is 2. The molecule has 1 atom stereocenters. The molecule has 0 bridgehead atoms. The molecule has 1 rings (SSSR count). The lowest BCUT2D eigenvalue weighted by atomic mass is 10.1. The second kappa shape index (κ2) is 4.17. The second-order valence-electron chi connectivity index (χ2n) is 2.83. The number of rotatable bonds is 2. The van der Waals surface area contributed by atoms with Gasteiger partial charge in [-0.2, -0.15) is 0 Å². The predicted molar refractivity (Wildman–Crippen MR) is 53.8 cm³/mol. The molecule has 0 aliphatic rings. The van der Waals surface area contributed by atoms with E-state index < -0.39 is 12.1 Å². The predicted octanol–water partition coefficient (Wildman–Crippen LogP) is 2.42. The zero-order valence-electron chi connectivity index (χ0n) is 7.29. The molecule has 0 aromatic heterocycles. The normalized spacial score (nSPS) is 12.6. The Hall–Kier alpha value is -0.770. The number of carbonyl (C=O) groups is 1. The van der Waals surface area contributed by atoms with E-state index in [1.54, 1.807) is 13.0 Å². The molecule has 0 saturated carbocycles. The van der Waals surface area contributed by atoms with Crippen LogP contribution in [0.5, 0.6) is 0 Å². The summed E-state index contributed by atoms with van der Waals surface area (Å²) in [6, 6.07) is 3.16. The van der Waals surface area contributed by atoms with Crippen LogP contribution in [0.25, 0.3) is 0 Å². The number of aryl methyl sites for hydroxylation is 1. The standard InChI is InChI=1S/C9H8Cl2O3/c1-4-2-3-5(10)6(7(4)11)8(12)9(13)14/h2-3,8,12H,1H3,(H,13,14)/t8-/m0/s1. The van der Waals surface area contributed by atoms with Gasteiger partial charge in [0.2, 0.25) is 0 Å². The van der Waals surface area contributed by atoms with Gasteiger partial charge in [-0.1, -0.05) is 29.3 Å². The smallest absolute Gasteiger partial charge is 0.337 e. The van der Waals surface area contributed by atoms with E-state index in [0.717, 1.165) is 0 Å². The highest BCUT2D eigenvalue weighted by molar-refractivity contribution is 6.36. The Bertz CT molecular complexity index is 377. The maximum Gasteiger partial charge on any atom is 0.337 e. The Morgan fingerprint density at radius 2 is 2.00 bits per heavy atom. The monoisotopic (exact) mass is 234 g/mol. The van der Waals surface area contributed by atoms with E-state index in [2.05, 4.69) is 0 Å². The molecule has 0 radical (unpaired) electrons. The second-order valence-corrected chi connectivity index (χ2v) is 3.62. The molecular weight excluding hydrogens is 227 g/mol. The van der Waals surface area contributed by atoms with Crippen molar-refractivity contribution in [2.24, 2.45) is 0 Å². The zero-order chi connectivity index (χ0) is 10.9. The van der Waals surface area contributed by atoms with Crippen molar-refractivity contribution in [2.45, 2.75) is 13.0 Å². The Kier molecular flexibility index (Phi) is 3.37. The highest BCUT2D eigenvalue weighted by Crippen LogP contribution is 2.32. The van der Waals surface area contributed by atoms with Crippen LogP contribution >= 0.6 is 23.2 Å². The maximum atomic E-state index is 10.5. The summed E-state index contributed by atoms with van der Waals surface area (Å²) in [4.78, 5) is 10.5. The van der Waals surface area contributed by atoms with Gasteiger partial charge in [0.25, 0.3) is 0 Å². The molecule has 0 amide bonds. The summed E-state index contributed by atoms with van der Waals surface area (Å²) in [6.07, 6.45) is -1.69. The summed E-state index contributed by atoms with van der Waals surface area (Å²) in [6.45, 7) is 1.71. The minimum Gasteiger partial charge on any atom is -0.479 e. The third-order valence-electron chi connectivity index (χ3n) is 1.83. The molecule has 0 spiro atoms. The number of aliphatic carboxylic acids is 1. The fourth-order valence-electron chi connectivity index (χ4n) is 1.05. The first kappa shape index (κ1) is 11.3. The molecule has 5 heteroatoms. The molecule has 3 nitrogen and oxygen atoms in total. The quantitative estimate of drug-likeness (QED) is 0.827. The molecule has 1 aromatic carbocycles. The van der Waals surface area contributed by atoms with Gasteiger partial charge < -0.3 is 10.2 Å². The van der Waals surface area contributed by atoms with Crippen LogP contribution in [-0.4, -0.2) is 16.2 Å². The van der Waals surface area contributed by atoms with Gasteiger partial charge in [0.05, 0.1) is 5.02 Å². The van der Waals surface area contributed by atoms with Gasteiger partial charge >= 0.3 is 5.97 Å². The number of carboxylic acids is 1. The van der Waals surface area contributed by atoms with E-state index in [1.807, 2.05) is 0 Å². The van der Waals surface area contributed by atoms with Crippen LogP contribution in [0.15, 0.2) is 12.1 Å². The first-order chi connectivity index (χ1) is 6.45. The highest BCUT2D eigenvalue weighted by atomic mass is 35.5. The van der Waals surface area contributed by atoms with Crippen molar-refractivity contribution in [2.75, 3.05) is 0 Å². The third kappa shape index (κ3) is 2.00. The number of aliphatic hydroxyl groups is 1. The van der Waals surface area contributed by atoms with Crippen LogP contribution in [0.1, 0.15) is 17.2 Å². The average Bonchev–Trinajstić information content (AvgIpc) is 2.12. The summed E-state index contributed by atoms with van der Waals surface area (Å²) in [5, 5.41) is 18.3. The van der Waals surface area contributed by atoms with Crippen molar-refractivity contribution in [1.82, 2.24) is 0 Å². The van der Waals surface area contributed by atoms with E-state index in [1.165, 1.54) is 6.07 Å². The first-order valence-corrected chi connectivity index (χ1v) is 4.56. The Morgan fingerprint density at radius 1 is 1.43 bits per heavy atom. The fourth-order valence-corrected chi connectivity index (χ4v) is 1.63. The Labute approximate surface area is 90.9 Å². The minimum absolute atomic E-state index is 0.0424. The highest BCUT2D eigenvalue weighted by Gasteiger charge is 2.22. The largest absolute Gasteiger partial charge is 0.479 e. The Morgan fingerprint density at radius 3 is 2.50 bits per heavy atom. The lowest BCUT2D eigenvalue weighted by Gasteiger charge is -2.11. The van der Waals surface area contributed by atoms with Crippen LogP contribution in [0.4, 0.5) is 0 Å². The van der Waals surface area contributed by atoms with Crippen LogP contribution in [0.2, 0.25) is 10.0 Å². The van der Waals surface area contributed by atoms with E-state index in [0.29, 0.717) is 5.56 Å². The van der Waals surface area contributed by atoms with Gasteiger partial charge in [0, 0.05) is 10.6 Å². The topological polar surface area (TPSA) is 57.5 Å². The number of carboxylic acid groups (broad SMARTS) is 1. The van der Waals surface area contributed by atoms with Crippen LogP contribution < -0.4 is 0 Å². The van der Waals surface area contributed by atoms with Crippen LogP contribution in [0, 0.1) is 6.92 Å². The molecule has 76 valence electrons. The molecule has 14 heavy (non-hydrogen) atoms. The lowest BCUT2D eigenvalue weighted by Crippen LogP contribution is -2.12. The van der Waals surface area contributed by atoms with E-state index in [4.69, 9.17) is 28.3 Å². The third-order valence-corrected chi connectivity index (χ3v) is 2.66. The van der Waals surface area contributed by atoms with Crippen molar-refractivity contribution in [3.05, 3.63) is 33.3 Å². The summed E-state index contributed by atoms with van der Waals surface area (Å²) in [7, 11) is 0. The fraction of sp³-hybridized carbons (Fsp3) is 0.222. The van der Waals surface area contributed by atoms with Gasteiger partial charge in [-0.3, -0.25) is 0 Å². The molecule has 0 fully saturated rings. The summed E-state index contributed by atoms with van der Waals surface area (Å²) >= 11 is 11.6. The number of hydrogen-bond acceptors (Lipinski definition) is 2. The van der Waals surface area contributed by atoms with Gasteiger partial charge in [-0.05, 0) is 18.6 Å². The Balaban J connectivity index is 3.32. The van der Waals surface area contributed by atoms with E-state index >= 15 is 0 Å². The zero-order valence-corrected chi connectivity index (χ0v) is 8.80. The van der Waals surface area contributed by atoms with Crippen molar-refractivity contribution in [1.29, 1.82) is 0 Å². The molecule has 0 unspecified atom stereocenters. The van der Waals surface area contributed by atoms with E-state index in [-0.39, 0.29) is 15.6 Å². The first-order valence-electron chi connectivity index (χ1n) is 3.80. The van der Waals surface area contributed by atoms with Crippen LogP contribution in [-0.2, 0) is 4.79 Å². The van der Waals surface area contributed by atoms with Crippen LogP contribution in [0.3, 0.4) is 0 Å². The number of hydrogen-bond donors (Lipinski definition) is 2. The van der Waals surface area contributed by atoms with Crippen molar-refractivity contribution in [3.63, 3.8) is 0 Å². The van der Waals surface area contributed by atoms with Gasteiger partial charge in [0.1, 0.15) is 0 Å². The number of benzene rings is 1. The molecule has 0 heterocycles. The lowest BCUT2D eigenvalue weighted by molar-refractivity contribution is -0.146.